The first-order valence-electron chi connectivity index (χ1n) is 5.85. The van der Waals surface area contributed by atoms with Gasteiger partial charge in [0.2, 0.25) is 0 Å². The molecule has 1 saturated heterocycles. The van der Waals surface area contributed by atoms with Gasteiger partial charge in [0.05, 0.1) is 12.7 Å². The minimum absolute atomic E-state index is 0.0189. The summed E-state index contributed by atoms with van der Waals surface area (Å²) in [6, 6.07) is 0. The molecule has 4 N–H and O–H groups in total. The predicted octanol–water partition coefficient (Wildman–Crippen LogP) is 0.0908. The lowest BCUT2D eigenvalue weighted by Crippen LogP contribution is -2.32. The van der Waals surface area contributed by atoms with E-state index in [1.807, 2.05) is 28.1 Å². The second-order valence-corrected chi connectivity index (χ2v) is 4.99. The van der Waals surface area contributed by atoms with Crippen molar-refractivity contribution in [3.63, 3.8) is 0 Å². The molecule has 2 heterocycles. The van der Waals surface area contributed by atoms with E-state index in [1.54, 1.807) is 10.2 Å². The predicted molar refractivity (Wildman–Crippen MR) is 78.6 cm³/mol. The molecule has 20 heavy (non-hydrogen) atoms. The summed E-state index contributed by atoms with van der Waals surface area (Å²) in [5.74, 6) is 0.0189. The number of nitrogens with zero attached hydrogens (tertiary/aromatic N) is 2. The standard InChI is InChI=1S/C11H14IN3O5/c12-2-1-6-4-15(11(18)13-9(6)14-19)10-8(17)3-7(5-16)20-10/h1-2,4,7-8,10,16-17,19H,3,5H2,(H,13,14,18)/b2-1+/t7-,8+,10+/m0/s1. The number of rotatable bonds is 4. The molecule has 0 aromatic carbocycles. The second kappa shape index (κ2) is 6.63. The van der Waals surface area contributed by atoms with Crippen LogP contribution in [0.5, 0.6) is 0 Å². The zero-order chi connectivity index (χ0) is 14.7. The topological polar surface area (TPSA) is 117 Å². The number of nitrogens with one attached hydrogen (secondary N) is 1. The maximum Gasteiger partial charge on any atom is 0.351 e. The first-order valence-corrected chi connectivity index (χ1v) is 7.09. The highest BCUT2D eigenvalue weighted by Crippen LogP contribution is 2.28. The maximum absolute atomic E-state index is 11.9. The first-order chi connectivity index (χ1) is 9.60. The van der Waals surface area contributed by atoms with E-state index in [-0.39, 0.29) is 18.8 Å². The van der Waals surface area contributed by atoms with Crippen LogP contribution in [0.4, 0.5) is 5.82 Å². The fourth-order valence-corrected chi connectivity index (χ4v) is 2.43. The summed E-state index contributed by atoms with van der Waals surface area (Å²) in [5, 5.41) is 27.9. The minimum Gasteiger partial charge on any atom is -0.394 e. The highest BCUT2D eigenvalue weighted by molar-refractivity contribution is 14.1. The molecule has 1 aromatic heterocycles. The zero-order valence-corrected chi connectivity index (χ0v) is 12.5. The van der Waals surface area contributed by atoms with Gasteiger partial charge in [0.15, 0.2) is 12.0 Å². The van der Waals surface area contributed by atoms with Crippen LogP contribution in [0, 0.1) is 0 Å². The number of halogens is 1. The van der Waals surface area contributed by atoms with Gasteiger partial charge in [-0.05, 0) is 10.2 Å². The van der Waals surface area contributed by atoms with E-state index < -0.39 is 24.1 Å². The van der Waals surface area contributed by atoms with Crippen molar-refractivity contribution < 1.29 is 20.2 Å². The van der Waals surface area contributed by atoms with E-state index in [4.69, 9.17) is 15.1 Å². The van der Waals surface area contributed by atoms with Crippen LogP contribution in [0.15, 0.2) is 15.1 Å². The number of hydrogen-bond acceptors (Lipinski definition) is 7. The lowest BCUT2D eigenvalue weighted by Gasteiger charge is -2.18. The fraction of sp³-hybridized carbons (Fsp3) is 0.455. The Bertz CT molecular complexity index is 561. The molecule has 1 aromatic rings. The monoisotopic (exact) mass is 395 g/mol. The van der Waals surface area contributed by atoms with Crippen molar-refractivity contribution in [3.8, 4) is 0 Å². The average Bonchev–Trinajstić information content (AvgIpc) is 2.81. The Kier molecular flexibility index (Phi) is 5.10. The molecule has 110 valence electrons. The quantitative estimate of drug-likeness (QED) is 0.422. The Balaban J connectivity index is 2.42. The van der Waals surface area contributed by atoms with Crippen LogP contribution in [0.3, 0.4) is 0 Å². The molecular weight excluding hydrogens is 381 g/mol. The first kappa shape index (κ1) is 15.4. The number of aromatic nitrogens is 2. The van der Waals surface area contributed by atoms with Crippen molar-refractivity contribution in [1.29, 1.82) is 0 Å². The Morgan fingerprint density at radius 2 is 2.40 bits per heavy atom. The number of aliphatic hydroxyl groups is 2. The Morgan fingerprint density at radius 1 is 1.65 bits per heavy atom. The van der Waals surface area contributed by atoms with Crippen LogP contribution in [-0.4, -0.2) is 43.8 Å². The number of hydrogen-bond donors (Lipinski definition) is 4. The highest BCUT2D eigenvalue weighted by Gasteiger charge is 2.35. The average molecular weight is 395 g/mol. The van der Waals surface area contributed by atoms with E-state index in [0.29, 0.717) is 5.56 Å². The van der Waals surface area contributed by atoms with Crippen molar-refractivity contribution in [2.45, 2.75) is 24.9 Å². The summed E-state index contributed by atoms with van der Waals surface area (Å²) in [6.45, 7) is -0.230. The van der Waals surface area contributed by atoms with Crippen LogP contribution in [0.2, 0.25) is 0 Å². The molecule has 1 fully saturated rings. The van der Waals surface area contributed by atoms with Crippen LogP contribution in [0.25, 0.3) is 6.08 Å². The Hall–Kier alpha value is -1.01. The van der Waals surface area contributed by atoms with Gasteiger partial charge in [-0.1, -0.05) is 22.6 Å². The number of ether oxygens (including phenoxy) is 1. The largest absolute Gasteiger partial charge is 0.394 e. The van der Waals surface area contributed by atoms with E-state index in [9.17, 15) is 9.90 Å². The van der Waals surface area contributed by atoms with E-state index in [0.717, 1.165) is 4.57 Å². The smallest absolute Gasteiger partial charge is 0.351 e. The van der Waals surface area contributed by atoms with Crippen molar-refractivity contribution in [2.24, 2.45) is 0 Å². The second-order valence-electron chi connectivity index (χ2n) is 4.27. The summed E-state index contributed by atoms with van der Waals surface area (Å²) in [5.41, 5.74) is 1.64. The van der Waals surface area contributed by atoms with E-state index in [2.05, 4.69) is 4.98 Å². The molecule has 1 aliphatic heterocycles. The van der Waals surface area contributed by atoms with Gasteiger partial charge in [-0.3, -0.25) is 15.3 Å². The molecular formula is C11H14IN3O5. The minimum atomic E-state index is -0.906. The van der Waals surface area contributed by atoms with Crippen LogP contribution < -0.4 is 11.2 Å². The van der Waals surface area contributed by atoms with Crippen molar-refractivity contribution in [3.05, 3.63) is 26.3 Å². The summed E-state index contributed by atoms with van der Waals surface area (Å²) in [4.78, 5) is 15.6. The molecule has 0 bridgehead atoms. The van der Waals surface area contributed by atoms with Crippen molar-refractivity contribution in [1.82, 2.24) is 9.55 Å². The van der Waals surface area contributed by atoms with Gasteiger partial charge in [-0.2, -0.15) is 4.98 Å². The van der Waals surface area contributed by atoms with Crippen LogP contribution in [-0.2, 0) is 4.74 Å². The third-order valence-corrected chi connectivity index (χ3v) is 3.33. The fourth-order valence-electron chi connectivity index (χ4n) is 2.04. The third kappa shape index (κ3) is 3.01. The summed E-state index contributed by atoms with van der Waals surface area (Å²) in [6.07, 6.45) is 0.979. The zero-order valence-electron chi connectivity index (χ0n) is 10.3. The molecule has 1 aliphatic rings. The molecule has 0 aliphatic carbocycles. The van der Waals surface area contributed by atoms with E-state index in [1.165, 1.54) is 6.20 Å². The SMILES string of the molecule is O=c1nc(NO)c(/C=C/I)cn1[C@@H]1O[C@H](CO)C[C@H]1O. The molecule has 3 atom stereocenters. The van der Waals surface area contributed by atoms with E-state index >= 15 is 0 Å². The van der Waals surface area contributed by atoms with Gasteiger partial charge in [0.1, 0.15) is 6.10 Å². The summed E-state index contributed by atoms with van der Waals surface area (Å²) >= 11 is 1.99. The van der Waals surface area contributed by atoms with Crippen molar-refractivity contribution in [2.75, 3.05) is 12.1 Å². The third-order valence-electron chi connectivity index (χ3n) is 2.97. The summed E-state index contributed by atoms with van der Waals surface area (Å²) in [7, 11) is 0. The van der Waals surface area contributed by atoms with Gasteiger partial charge >= 0.3 is 5.69 Å². The normalized spacial score (nSPS) is 26.3. The van der Waals surface area contributed by atoms with Crippen molar-refractivity contribution >= 4 is 34.5 Å². The lowest BCUT2D eigenvalue weighted by molar-refractivity contribution is -0.0530. The van der Waals surface area contributed by atoms with Gasteiger partial charge in [0.25, 0.3) is 0 Å². The molecule has 9 heteroatoms. The Labute approximate surface area is 127 Å². The molecule has 0 unspecified atom stereocenters. The lowest BCUT2D eigenvalue weighted by atomic mass is 10.2. The molecule has 0 radical (unpaired) electrons. The van der Waals surface area contributed by atoms with Gasteiger partial charge < -0.3 is 14.9 Å². The summed E-state index contributed by atoms with van der Waals surface area (Å²) < 4.78 is 8.24. The molecule has 0 saturated carbocycles. The van der Waals surface area contributed by atoms with Crippen LogP contribution >= 0.6 is 22.6 Å². The van der Waals surface area contributed by atoms with Gasteiger partial charge in [-0.25, -0.2) is 4.79 Å². The van der Waals surface area contributed by atoms with Crippen LogP contribution in [0.1, 0.15) is 18.2 Å². The van der Waals surface area contributed by atoms with Gasteiger partial charge in [-0.15, -0.1) is 0 Å². The molecule has 0 spiro atoms. The molecule has 8 nitrogen and oxygen atoms in total. The number of anilines is 1. The number of aliphatic hydroxyl groups excluding tert-OH is 2. The molecule has 2 rings (SSSR count). The maximum atomic E-state index is 11.9. The Morgan fingerprint density at radius 3 is 2.95 bits per heavy atom. The molecule has 0 amide bonds. The van der Waals surface area contributed by atoms with Gasteiger partial charge in [0, 0.05) is 18.2 Å². The highest BCUT2D eigenvalue weighted by atomic mass is 127.